The summed E-state index contributed by atoms with van der Waals surface area (Å²) in [6.07, 6.45) is 0. The molecule has 0 spiro atoms. The van der Waals surface area contributed by atoms with Gasteiger partial charge in [-0.3, -0.25) is 4.79 Å². The zero-order valence-electron chi connectivity index (χ0n) is 16.7. The Kier molecular flexibility index (Phi) is 6.29. The lowest BCUT2D eigenvalue weighted by Gasteiger charge is -2.46. The zero-order chi connectivity index (χ0) is 22.9. The molecule has 1 amide bonds. The Morgan fingerprint density at radius 1 is 1.03 bits per heavy atom. The third-order valence-electron chi connectivity index (χ3n) is 5.17. The van der Waals surface area contributed by atoms with Crippen LogP contribution in [0, 0.1) is 21.0 Å². The Balaban J connectivity index is 1.50. The van der Waals surface area contributed by atoms with Gasteiger partial charge in [-0.2, -0.15) is 0 Å². The van der Waals surface area contributed by atoms with Crippen molar-refractivity contribution in [2.75, 3.05) is 30.3 Å². The van der Waals surface area contributed by atoms with Crippen molar-refractivity contribution in [1.82, 2.24) is 4.90 Å². The van der Waals surface area contributed by atoms with E-state index in [4.69, 9.17) is 0 Å². The van der Waals surface area contributed by atoms with E-state index in [-0.39, 0.29) is 30.9 Å². The maximum Gasteiger partial charge on any atom is 0.256 e. The second-order valence-electron chi connectivity index (χ2n) is 7.64. The molecular weight excluding hydrogens is 534 g/mol. The molecule has 1 fully saturated rings. The van der Waals surface area contributed by atoms with Gasteiger partial charge in [0, 0.05) is 15.8 Å². The fourth-order valence-corrected chi connectivity index (χ4v) is 3.94. The van der Waals surface area contributed by atoms with Crippen LogP contribution in [-0.4, -0.2) is 41.1 Å². The summed E-state index contributed by atoms with van der Waals surface area (Å²) < 4.78 is 43.3. The summed E-state index contributed by atoms with van der Waals surface area (Å²) in [6, 6.07) is 15.5. The first-order valence-corrected chi connectivity index (χ1v) is 10.8. The van der Waals surface area contributed by atoms with Gasteiger partial charge in [-0.1, -0.05) is 18.2 Å². The number of nitrogens with zero attached hydrogens (tertiary/aromatic N) is 1. The number of benzene rings is 3. The van der Waals surface area contributed by atoms with Gasteiger partial charge in [-0.05, 0) is 65.1 Å². The minimum Gasteiger partial charge on any atom is -0.384 e. The molecule has 0 saturated carbocycles. The molecule has 0 aliphatic carbocycles. The Morgan fingerprint density at radius 3 is 2.44 bits per heavy atom. The number of anilines is 3. The highest BCUT2D eigenvalue weighted by Crippen LogP contribution is 2.32. The highest BCUT2D eigenvalue weighted by Gasteiger charge is 2.44. The summed E-state index contributed by atoms with van der Waals surface area (Å²) in [5.74, 6) is -3.71. The van der Waals surface area contributed by atoms with Crippen molar-refractivity contribution in [3.8, 4) is 0 Å². The van der Waals surface area contributed by atoms with E-state index in [9.17, 15) is 23.1 Å². The fourth-order valence-electron chi connectivity index (χ4n) is 3.49. The van der Waals surface area contributed by atoms with E-state index in [1.807, 2.05) is 52.9 Å². The van der Waals surface area contributed by atoms with E-state index in [0.717, 1.165) is 17.8 Å². The number of carbonyl (C=O) groups excluding carboxylic acids is 1. The van der Waals surface area contributed by atoms with E-state index in [0.29, 0.717) is 3.57 Å². The standard InChI is InChI=1S/C23H19F3IN3O2/c24-17-8-7-16(21(20(17)26)29-19-9-6-14(27)10-18(19)25)22(31)30-12-23(32,13-30)11-28-15-4-2-1-3-5-15/h1-10,28-29,32H,11-13H2. The topological polar surface area (TPSA) is 64.6 Å². The van der Waals surface area contributed by atoms with Crippen molar-refractivity contribution in [1.29, 1.82) is 0 Å². The highest BCUT2D eigenvalue weighted by atomic mass is 127. The Bertz CT molecular complexity index is 1150. The van der Waals surface area contributed by atoms with Crippen LogP contribution in [0.2, 0.25) is 0 Å². The van der Waals surface area contributed by atoms with Crippen LogP contribution >= 0.6 is 22.6 Å². The highest BCUT2D eigenvalue weighted by molar-refractivity contribution is 14.1. The van der Waals surface area contributed by atoms with Gasteiger partial charge in [0.1, 0.15) is 11.4 Å². The Morgan fingerprint density at radius 2 is 1.75 bits per heavy atom. The zero-order valence-corrected chi connectivity index (χ0v) is 18.9. The molecule has 1 aliphatic heterocycles. The van der Waals surface area contributed by atoms with Gasteiger partial charge in [0.05, 0.1) is 30.0 Å². The van der Waals surface area contributed by atoms with Gasteiger partial charge >= 0.3 is 0 Å². The quantitative estimate of drug-likeness (QED) is 0.386. The first-order valence-electron chi connectivity index (χ1n) is 9.76. The molecule has 3 aromatic carbocycles. The molecule has 3 aromatic rings. The number of nitrogens with one attached hydrogen (secondary N) is 2. The summed E-state index contributed by atoms with van der Waals surface area (Å²) >= 11 is 1.93. The minimum atomic E-state index is -1.28. The molecule has 3 N–H and O–H groups in total. The molecule has 32 heavy (non-hydrogen) atoms. The molecule has 166 valence electrons. The van der Waals surface area contributed by atoms with Gasteiger partial charge in [-0.25, -0.2) is 13.2 Å². The van der Waals surface area contributed by atoms with E-state index in [1.54, 1.807) is 6.07 Å². The summed E-state index contributed by atoms with van der Waals surface area (Å²) in [5, 5.41) is 16.3. The predicted octanol–water partition coefficient (Wildman–Crippen LogP) is 4.75. The molecule has 0 bridgehead atoms. The second kappa shape index (κ2) is 8.99. The molecule has 1 aliphatic rings. The molecule has 4 rings (SSSR count). The van der Waals surface area contributed by atoms with Gasteiger partial charge < -0.3 is 20.6 Å². The van der Waals surface area contributed by atoms with E-state index in [2.05, 4.69) is 10.6 Å². The summed E-state index contributed by atoms with van der Waals surface area (Å²) in [4.78, 5) is 14.3. The molecular formula is C23H19F3IN3O2. The van der Waals surface area contributed by atoms with Crippen molar-refractivity contribution in [3.63, 3.8) is 0 Å². The predicted molar refractivity (Wildman–Crippen MR) is 125 cm³/mol. The maximum absolute atomic E-state index is 14.6. The van der Waals surface area contributed by atoms with Crippen molar-refractivity contribution < 1.29 is 23.1 Å². The largest absolute Gasteiger partial charge is 0.384 e. The lowest BCUT2D eigenvalue weighted by molar-refractivity contribution is -0.0706. The van der Waals surface area contributed by atoms with Crippen molar-refractivity contribution in [2.45, 2.75) is 5.60 Å². The molecule has 5 nitrogen and oxygen atoms in total. The number of hydrogen-bond acceptors (Lipinski definition) is 4. The minimum absolute atomic E-state index is 0.0159. The number of para-hydroxylation sites is 1. The number of rotatable bonds is 6. The van der Waals surface area contributed by atoms with Crippen molar-refractivity contribution in [2.24, 2.45) is 0 Å². The van der Waals surface area contributed by atoms with Crippen LogP contribution in [0.3, 0.4) is 0 Å². The average molecular weight is 553 g/mol. The van der Waals surface area contributed by atoms with Crippen LogP contribution in [0.5, 0.6) is 0 Å². The molecule has 0 aromatic heterocycles. The molecule has 9 heteroatoms. The van der Waals surface area contributed by atoms with Gasteiger partial charge in [0.2, 0.25) is 0 Å². The normalized spacial score (nSPS) is 14.6. The molecule has 0 radical (unpaired) electrons. The van der Waals surface area contributed by atoms with Crippen LogP contribution < -0.4 is 10.6 Å². The monoisotopic (exact) mass is 553 g/mol. The smallest absolute Gasteiger partial charge is 0.256 e. The first kappa shape index (κ1) is 22.4. The number of β-amino-alcohol motifs (C(OH)–C–C–N with tert-alkyl or cyclic N) is 1. The van der Waals surface area contributed by atoms with Crippen molar-refractivity contribution in [3.05, 3.63) is 87.2 Å². The fraction of sp³-hybridized carbons (Fsp3) is 0.174. The number of aliphatic hydroxyl groups is 1. The van der Waals surface area contributed by atoms with Crippen molar-refractivity contribution >= 4 is 45.6 Å². The van der Waals surface area contributed by atoms with Gasteiger partial charge in [0.25, 0.3) is 5.91 Å². The third-order valence-corrected chi connectivity index (χ3v) is 5.84. The number of carbonyl (C=O) groups is 1. The second-order valence-corrected chi connectivity index (χ2v) is 8.88. The van der Waals surface area contributed by atoms with E-state index < -0.39 is 34.6 Å². The van der Waals surface area contributed by atoms with Crippen LogP contribution in [0.4, 0.5) is 30.2 Å². The van der Waals surface area contributed by atoms with Gasteiger partial charge in [0.15, 0.2) is 11.6 Å². The molecule has 1 heterocycles. The van der Waals surface area contributed by atoms with Crippen LogP contribution in [0.25, 0.3) is 0 Å². The Labute approximate surface area is 196 Å². The average Bonchev–Trinajstić information content (AvgIpc) is 2.75. The van der Waals surface area contributed by atoms with Crippen LogP contribution in [0.15, 0.2) is 60.7 Å². The van der Waals surface area contributed by atoms with Crippen LogP contribution in [0.1, 0.15) is 10.4 Å². The van der Waals surface area contributed by atoms with E-state index >= 15 is 0 Å². The lowest BCUT2D eigenvalue weighted by Crippen LogP contribution is -2.66. The number of amides is 1. The number of likely N-dealkylation sites (tertiary alicyclic amines) is 1. The molecule has 0 atom stereocenters. The SMILES string of the molecule is O=C(c1ccc(F)c(F)c1Nc1ccc(I)cc1F)N1CC(O)(CNc2ccccc2)C1. The molecule has 1 saturated heterocycles. The molecule has 0 unspecified atom stereocenters. The Hall–Kier alpha value is -2.79. The number of halogens is 4. The maximum atomic E-state index is 14.6. The summed E-state index contributed by atoms with van der Waals surface area (Å²) in [6.45, 7) is 0.252. The number of hydrogen-bond donors (Lipinski definition) is 3. The van der Waals surface area contributed by atoms with Gasteiger partial charge in [-0.15, -0.1) is 0 Å². The van der Waals surface area contributed by atoms with Crippen LogP contribution in [-0.2, 0) is 0 Å². The summed E-state index contributed by atoms with van der Waals surface area (Å²) in [5.41, 5.74) is -1.01. The van der Waals surface area contributed by atoms with E-state index in [1.165, 1.54) is 17.0 Å². The third kappa shape index (κ3) is 4.68. The lowest BCUT2D eigenvalue weighted by atomic mass is 9.92. The first-order chi connectivity index (χ1) is 15.3. The summed E-state index contributed by atoms with van der Waals surface area (Å²) in [7, 11) is 0.